The summed E-state index contributed by atoms with van der Waals surface area (Å²) in [5, 5.41) is 6.08. The third-order valence-corrected chi connectivity index (χ3v) is 6.43. The summed E-state index contributed by atoms with van der Waals surface area (Å²) >= 11 is 6.11. The van der Waals surface area contributed by atoms with Gasteiger partial charge in [-0.2, -0.15) is 4.98 Å². The smallest absolute Gasteiger partial charge is 0.224 e. The number of carbonyl (C=O) groups excluding carboxylic acids is 1. The number of amides is 1. The van der Waals surface area contributed by atoms with Crippen molar-refractivity contribution in [2.75, 3.05) is 10.6 Å². The fraction of sp³-hybridized carbons (Fsp3) is 0.455. The Morgan fingerprint density at radius 3 is 2.64 bits per heavy atom. The van der Waals surface area contributed by atoms with Crippen molar-refractivity contribution in [1.82, 2.24) is 19.5 Å². The van der Waals surface area contributed by atoms with E-state index in [-0.39, 0.29) is 34.6 Å². The first-order valence-corrected chi connectivity index (χ1v) is 11.4. The molecule has 176 valence electrons. The van der Waals surface area contributed by atoms with Gasteiger partial charge in [0, 0.05) is 24.1 Å². The number of nitrogens with two attached hydrogens (primary N) is 1. The first-order chi connectivity index (χ1) is 15.8. The third kappa shape index (κ3) is 4.85. The van der Waals surface area contributed by atoms with E-state index in [1.54, 1.807) is 6.20 Å². The highest BCUT2D eigenvalue weighted by molar-refractivity contribution is 6.33. The fourth-order valence-corrected chi connectivity index (χ4v) is 4.35. The van der Waals surface area contributed by atoms with Crippen molar-refractivity contribution in [3.05, 3.63) is 35.0 Å². The molecule has 0 aliphatic heterocycles. The van der Waals surface area contributed by atoms with Gasteiger partial charge in [-0.1, -0.05) is 18.5 Å². The molecule has 33 heavy (non-hydrogen) atoms. The summed E-state index contributed by atoms with van der Waals surface area (Å²) in [4.78, 5) is 25.2. The second-order valence-corrected chi connectivity index (χ2v) is 8.85. The second-order valence-electron chi connectivity index (χ2n) is 8.44. The standard InChI is InChI=1S/C22H26ClF2N7O/c1-3-11(2)28-21-27-10-17-20(31-21)32(14-6-4-12(5-7-14)19(26)33)22(29-17)30-18-15(23)8-13(24)9-16(18)25/h8-12,14H,3-7H2,1-2H3,(H2,26,33)(H,29,30)(H,27,28,31)/t11-,12-,14+/m0/s1. The van der Waals surface area contributed by atoms with Crippen molar-refractivity contribution in [2.24, 2.45) is 11.7 Å². The zero-order valence-electron chi connectivity index (χ0n) is 18.4. The first-order valence-electron chi connectivity index (χ1n) is 11.0. The highest BCUT2D eigenvalue weighted by atomic mass is 35.5. The molecular formula is C22H26ClF2N7O. The van der Waals surface area contributed by atoms with E-state index in [1.165, 1.54) is 0 Å². The lowest BCUT2D eigenvalue weighted by atomic mass is 9.85. The number of nitrogens with zero attached hydrogens (tertiary/aromatic N) is 4. The minimum absolute atomic E-state index is 0.0540. The van der Waals surface area contributed by atoms with Crippen LogP contribution in [0.25, 0.3) is 11.2 Å². The predicted octanol–water partition coefficient (Wildman–Crippen LogP) is 4.93. The summed E-state index contributed by atoms with van der Waals surface area (Å²) < 4.78 is 29.9. The summed E-state index contributed by atoms with van der Waals surface area (Å²) in [6.45, 7) is 4.09. The van der Waals surface area contributed by atoms with Gasteiger partial charge in [0.2, 0.25) is 17.8 Å². The van der Waals surface area contributed by atoms with Gasteiger partial charge >= 0.3 is 0 Å². The number of fused-ring (bicyclic) bond motifs is 1. The maximum absolute atomic E-state index is 14.5. The summed E-state index contributed by atoms with van der Waals surface area (Å²) in [5.74, 6) is -1.30. The summed E-state index contributed by atoms with van der Waals surface area (Å²) in [7, 11) is 0. The van der Waals surface area contributed by atoms with E-state index in [0.717, 1.165) is 18.6 Å². The summed E-state index contributed by atoms with van der Waals surface area (Å²) in [6, 6.07) is 1.91. The predicted molar refractivity (Wildman–Crippen MR) is 124 cm³/mol. The quantitative estimate of drug-likeness (QED) is 0.445. The van der Waals surface area contributed by atoms with Crippen LogP contribution in [0.1, 0.15) is 52.0 Å². The third-order valence-electron chi connectivity index (χ3n) is 6.13. The van der Waals surface area contributed by atoms with E-state index in [2.05, 4.69) is 32.5 Å². The molecule has 1 saturated carbocycles. The molecule has 0 spiro atoms. The van der Waals surface area contributed by atoms with E-state index >= 15 is 0 Å². The SMILES string of the molecule is CC[C@H](C)Nc1ncc2nc(Nc3c(F)cc(F)cc3Cl)n([C@H]3CC[C@@H](C(N)=O)CC3)c2n1. The molecule has 1 atom stereocenters. The number of nitrogens with one attached hydrogen (secondary N) is 2. The molecule has 4 rings (SSSR count). The Balaban J connectivity index is 1.77. The highest BCUT2D eigenvalue weighted by Crippen LogP contribution is 2.38. The number of halogens is 3. The maximum atomic E-state index is 14.5. The van der Waals surface area contributed by atoms with E-state index in [1.807, 2.05) is 11.5 Å². The fourth-order valence-electron chi connectivity index (χ4n) is 4.11. The highest BCUT2D eigenvalue weighted by Gasteiger charge is 2.29. The Bertz CT molecular complexity index is 1150. The van der Waals surface area contributed by atoms with Crippen LogP contribution in [0.3, 0.4) is 0 Å². The molecule has 1 aliphatic carbocycles. The van der Waals surface area contributed by atoms with Crippen LogP contribution in [0, 0.1) is 17.6 Å². The number of benzene rings is 1. The lowest BCUT2D eigenvalue weighted by Gasteiger charge is -2.29. The minimum atomic E-state index is -0.832. The van der Waals surface area contributed by atoms with Crippen molar-refractivity contribution >= 4 is 46.3 Å². The summed E-state index contributed by atoms with van der Waals surface area (Å²) in [6.07, 6.45) is 5.11. The molecule has 4 N–H and O–H groups in total. The number of primary amides is 1. The molecule has 0 unspecified atom stereocenters. The summed E-state index contributed by atoms with van der Waals surface area (Å²) in [5.41, 5.74) is 6.50. The topological polar surface area (TPSA) is 111 Å². The molecule has 1 fully saturated rings. The Morgan fingerprint density at radius 2 is 2.00 bits per heavy atom. The van der Waals surface area contributed by atoms with E-state index < -0.39 is 11.6 Å². The Morgan fingerprint density at radius 1 is 1.27 bits per heavy atom. The number of hydrogen-bond acceptors (Lipinski definition) is 6. The molecule has 3 aromatic rings. The average Bonchev–Trinajstić information content (AvgIpc) is 3.13. The van der Waals surface area contributed by atoms with Crippen molar-refractivity contribution in [1.29, 1.82) is 0 Å². The van der Waals surface area contributed by atoms with Crippen LogP contribution in [0.5, 0.6) is 0 Å². The van der Waals surface area contributed by atoms with Crippen LogP contribution >= 0.6 is 11.6 Å². The van der Waals surface area contributed by atoms with Gasteiger partial charge in [0.1, 0.15) is 11.3 Å². The lowest BCUT2D eigenvalue weighted by Crippen LogP contribution is -2.29. The minimum Gasteiger partial charge on any atom is -0.369 e. The zero-order valence-corrected chi connectivity index (χ0v) is 19.2. The molecule has 1 aromatic carbocycles. The van der Waals surface area contributed by atoms with Gasteiger partial charge in [-0.15, -0.1) is 0 Å². The van der Waals surface area contributed by atoms with E-state index in [9.17, 15) is 13.6 Å². The first kappa shape index (κ1) is 23.2. The lowest BCUT2D eigenvalue weighted by molar-refractivity contribution is -0.122. The zero-order chi connectivity index (χ0) is 23.7. The molecule has 1 amide bonds. The number of imidazole rings is 1. The Hall–Kier alpha value is -3.01. The van der Waals surface area contributed by atoms with Gasteiger partial charge in [0.15, 0.2) is 11.5 Å². The monoisotopic (exact) mass is 477 g/mol. The number of carbonyl (C=O) groups is 1. The van der Waals surface area contributed by atoms with Gasteiger partial charge in [0.05, 0.1) is 16.9 Å². The van der Waals surface area contributed by atoms with Gasteiger partial charge in [0.25, 0.3) is 0 Å². The normalized spacial score (nSPS) is 19.4. The van der Waals surface area contributed by atoms with Gasteiger partial charge in [-0.05, 0) is 45.1 Å². The Kier molecular flexibility index (Phi) is 6.64. The largest absolute Gasteiger partial charge is 0.369 e. The van der Waals surface area contributed by atoms with Crippen LogP contribution in [0.15, 0.2) is 18.3 Å². The van der Waals surface area contributed by atoms with Crippen LogP contribution in [0.2, 0.25) is 5.02 Å². The van der Waals surface area contributed by atoms with Crippen LogP contribution in [-0.2, 0) is 4.79 Å². The van der Waals surface area contributed by atoms with E-state index in [0.29, 0.717) is 48.7 Å². The number of rotatable bonds is 7. The van der Waals surface area contributed by atoms with Crippen LogP contribution in [-0.4, -0.2) is 31.5 Å². The van der Waals surface area contributed by atoms with E-state index in [4.69, 9.17) is 17.3 Å². The van der Waals surface area contributed by atoms with Crippen LogP contribution < -0.4 is 16.4 Å². The van der Waals surface area contributed by atoms with Crippen molar-refractivity contribution in [3.63, 3.8) is 0 Å². The molecule has 2 aromatic heterocycles. The average molecular weight is 478 g/mol. The molecule has 0 saturated heterocycles. The van der Waals surface area contributed by atoms with Gasteiger partial charge < -0.3 is 16.4 Å². The molecule has 0 radical (unpaired) electrons. The van der Waals surface area contributed by atoms with Crippen molar-refractivity contribution in [2.45, 2.75) is 58.0 Å². The molecule has 2 heterocycles. The van der Waals surface area contributed by atoms with Crippen molar-refractivity contribution in [3.8, 4) is 0 Å². The maximum Gasteiger partial charge on any atom is 0.224 e. The number of aromatic nitrogens is 4. The molecule has 1 aliphatic rings. The van der Waals surface area contributed by atoms with Gasteiger partial charge in [-0.3, -0.25) is 9.36 Å². The van der Waals surface area contributed by atoms with Gasteiger partial charge in [-0.25, -0.2) is 18.7 Å². The Labute approximate surface area is 194 Å². The second kappa shape index (κ2) is 9.46. The molecule has 8 nitrogen and oxygen atoms in total. The molecular weight excluding hydrogens is 452 g/mol. The van der Waals surface area contributed by atoms with Crippen molar-refractivity contribution < 1.29 is 13.6 Å². The van der Waals surface area contributed by atoms with Crippen LogP contribution in [0.4, 0.5) is 26.4 Å². The molecule has 11 heteroatoms. The number of anilines is 3. The molecule has 0 bridgehead atoms. The number of hydrogen-bond donors (Lipinski definition) is 3.